The highest BCUT2D eigenvalue weighted by Gasteiger charge is 2.21. The summed E-state index contributed by atoms with van der Waals surface area (Å²) in [7, 11) is 0. The molecule has 0 saturated heterocycles. The van der Waals surface area contributed by atoms with Crippen LogP contribution in [0.5, 0.6) is 0 Å². The van der Waals surface area contributed by atoms with E-state index >= 15 is 0 Å². The average molecular weight is 310 g/mol. The fourth-order valence-corrected chi connectivity index (χ4v) is 2.51. The Morgan fingerprint density at radius 2 is 1.96 bits per heavy atom. The maximum atomic E-state index is 11.8. The molecule has 1 aliphatic carbocycles. The van der Waals surface area contributed by atoms with Crippen LogP contribution in [0.25, 0.3) is 0 Å². The fraction of sp³-hybridized carbons (Fsp3) is 0.316. The summed E-state index contributed by atoms with van der Waals surface area (Å²) in [5, 5.41) is 3.22. The fourth-order valence-electron chi connectivity index (χ4n) is 2.51. The van der Waals surface area contributed by atoms with E-state index < -0.39 is 11.9 Å². The Hall–Kier alpha value is -2.33. The number of primary amides is 1. The second-order valence-electron chi connectivity index (χ2n) is 6.05. The Kier molecular flexibility index (Phi) is 4.93. The van der Waals surface area contributed by atoms with Gasteiger partial charge in [0.05, 0.1) is 6.61 Å². The minimum absolute atomic E-state index is 0.397. The molecule has 1 atom stereocenters. The zero-order valence-electron chi connectivity index (χ0n) is 13.1. The zero-order valence-corrected chi connectivity index (χ0v) is 13.1. The summed E-state index contributed by atoms with van der Waals surface area (Å²) in [5.41, 5.74) is 8.36. The number of rotatable bonds is 8. The normalized spacial score (nSPS) is 15.1. The van der Waals surface area contributed by atoms with Gasteiger partial charge in [-0.25, -0.2) is 0 Å². The molecular weight excluding hydrogens is 288 g/mol. The largest absolute Gasteiger partial charge is 0.376 e. The van der Waals surface area contributed by atoms with E-state index in [4.69, 9.17) is 10.5 Å². The monoisotopic (exact) mass is 310 g/mol. The zero-order chi connectivity index (χ0) is 16.1. The second-order valence-corrected chi connectivity index (χ2v) is 6.05. The van der Waals surface area contributed by atoms with Gasteiger partial charge >= 0.3 is 0 Å². The van der Waals surface area contributed by atoms with Crippen LogP contribution in [-0.2, 0) is 16.1 Å². The van der Waals surface area contributed by atoms with E-state index in [0.29, 0.717) is 6.61 Å². The third-order valence-corrected chi connectivity index (χ3v) is 3.97. The molecule has 1 fully saturated rings. The molecular formula is C19H22N2O2. The lowest BCUT2D eigenvalue weighted by Gasteiger charge is -2.17. The lowest BCUT2D eigenvalue weighted by atomic mass is 10.1. The molecule has 120 valence electrons. The second kappa shape index (κ2) is 7.29. The van der Waals surface area contributed by atoms with Crippen LogP contribution in [0.4, 0.5) is 5.69 Å². The highest BCUT2D eigenvalue weighted by Crippen LogP contribution is 2.29. The van der Waals surface area contributed by atoms with Crippen LogP contribution in [0.15, 0.2) is 54.6 Å². The quantitative estimate of drug-likeness (QED) is 0.786. The first-order valence-corrected chi connectivity index (χ1v) is 8.00. The van der Waals surface area contributed by atoms with Gasteiger partial charge in [0.15, 0.2) is 0 Å². The molecule has 23 heavy (non-hydrogen) atoms. The van der Waals surface area contributed by atoms with E-state index in [-0.39, 0.29) is 0 Å². The highest BCUT2D eigenvalue weighted by molar-refractivity contribution is 5.84. The number of benzene rings is 2. The number of amides is 1. The maximum absolute atomic E-state index is 11.8. The summed E-state index contributed by atoms with van der Waals surface area (Å²) < 4.78 is 5.72. The van der Waals surface area contributed by atoms with E-state index in [0.717, 1.165) is 29.3 Å². The van der Waals surface area contributed by atoms with Gasteiger partial charge < -0.3 is 15.8 Å². The van der Waals surface area contributed by atoms with Crippen molar-refractivity contribution in [1.29, 1.82) is 0 Å². The molecule has 3 N–H and O–H groups in total. The van der Waals surface area contributed by atoms with E-state index in [9.17, 15) is 4.79 Å². The molecule has 4 heteroatoms. The number of anilines is 1. The average Bonchev–Trinajstić information content (AvgIpc) is 3.38. The summed E-state index contributed by atoms with van der Waals surface area (Å²) in [6.45, 7) is 1.43. The van der Waals surface area contributed by atoms with Crippen molar-refractivity contribution < 1.29 is 9.53 Å². The van der Waals surface area contributed by atoms with E-state index in [2.05, 4.69) is 5.32 Å². The number of nitrogens with two attached hydrogens (primary N) is 1. The SMILES string of the molecule is NC(=O)[C@@H](Nc1cccc(COCC2CC2)c1)c1ccccc1. The van der Waals surface area contributed by atoms with Gasteiger partial charge in [0.1, 0.15) is 6.04 Å². The number of carbonyl (C=O) groups is 1. The summed E-state index contributed by atoms with van der Waals surface area (Å²) in [6.07, 6.45) is 2.58. The molecule has 0 radical (unpaired) electrons. The molecule has 0 spiro atoms. The van der Waals surface area contributed by atoms with Crippen molar-refractivity contribution in [3.8, 4) is 0 Å². The summed E-state index contributed by atoms with van der Waals surface area (Å²) >= 11 is 0. The Labute approximate surface area is 136 Å². The first-order chi connectivity index (χ1) is 11.2. The molecule has 0 unspecified atom stereocenters. The van der Waals surface area contributed by atoms with Gasteiger partial charge in [-0.1, -0.05) is 42.5 Å². The third-order valence-electron chi connectivity index (χ3n) is 3.97. The minimum atomic E-state index is -0.543. The van der Waals surface area contributed by atoms with Gasteiger partial charge in [-0.05, 0) is 42.0 Å². The van der Waals surface area contributed by atoms with E-state index in [1.807, 2.05) is 54.6 Å². The molecule has 2 aromatic carbocycles. The Morgan fingerprint density at radius 1 is 1.17 bits per heavy atom. The van der Waals surface area contributed by atoms with E-state index in [1.165, 1.54) is 12.8 Å². The van der Waals surface area contributed by atoms with Gasteiger partial charge in [0.2, 0.25) is 5.91 Å². The standard InChI is InChI=1S/C19H22N2O2/c20-19(22)18(16-6-2-1-3-7-16)21-17-8-4-5-15(11-17)13-23-12-14-9-10-14/h1-8,11,14,18,21H,9-10,12-13H2,(H2,20,22)/t18-/m0/s1. The molecule has 3 rings (SSSR count). The van der Waals surface area contributed by atoms with Gasteiger partial charge in [-0.15, -0.1) is 0 Å². The lowest BCUT2D eigenvalue weighted by molar-refractivity contribution is -0.118. The molecule has 2 aromatic rings. The van der Waals surface area contributed by atoms with Gasteiger partial charge in [0, 0.05) is 12.3 Å². The third kappa shape index (κ3) is 4.57. The van der Waals surface area contributed by atoms with Crippen LogP contribution in [0.3, 0.4) is 0 Å². The van der Waals surface area contributed by atoms with E-state index in [1.54, 1.807) is 0 Å². The summed E-state index contributed by atoms with van der Waals surface area (Å²) in [6, 6.07) is 16.9. The number of carbonyl (C=O) groups excluding carboxylic acids is 1. The summed E-state index contributed by atoms with van der Waals surface area (Å²) in [5.74, 6) is 0.361. The van der Waals surface area contributed by atoms with Crippen molar-refractivity contribution in [3.63, 3.8) is 0 Å². The number of ether oxygens (including phenoxy) is 1. The summed E-state index contributed by atoms with van der Waals surface area (Å²) in [4.78, 5) is 11.8. The molecule has 1 saturated carbocycles. The van der Waals surface area contributed by atoms with Gasteiger partial charge in [-0.3, -0.25) is 4.79 Å². The molecule has 0 bridgehead atoms. The van der Waals surface area contributed by atoms with Crippen molar-refractivity contribution in [2.45, 2.75) is 25.5 Å². The van der Waals surface area contributed by atoms with Gasteiger partial charge in [0.25, 0.3) is 0 Å². The van der Waals surface area contributed by atoms with Crippen molar-refractivity contribution >= 4 is 11.6 Å². The van der Waals surface area contributed by atoms with Crippen LogP contribution < -0.4 is 11.1 Å². The van der Waals surface area contributed by atoms with Crippen LogP contribution in [0.2, 0.25) is 0 Å². The van der Waals surface area contributed by atoms with Crippen molar-refractivity contribution in [1.82, 2.24) is 0 Å². The van der Waals surface area contributed by atoms with Crippen LogP contribution in [0.1, 0.15) is 30.0 Å². The molecule has 4 nitrogen and oxygen atoms in total. The Morgan fingerprint density at radius 3 is 2.65 bits per heavy atom. The predicted molar refractivity (Wildman–Crippen MR) is 90.8 cm³/mol. The maximum Gasteiger partial charge on any atom is 0.244 e. The highest BCUT2D eigenvalue weighted by atomic mass is 16.5. The molecule has 1 amide bonds. The van der Waals surface area contributed by atoms with Gasteiger partial charge in [-0.2, -0.15) is 0 Å². The first kappa shape index (κ1) is 15.6. The molecule has 0 aromatic heterocycles. The first-order valence-electron chi connectivity index (χ1n) is 8.00. The van der Waals surface area contributed by atoms with Crippen LogP contribution >= 0.6 is 0 Å². The predicted octanol–water partition coefficient (Wildman–Crippen LogP) is 3.25. The number of nitrogens with one attached hydrogen (secondary N) is 1. The smallest absolute Gasteiger partial charge is 0.244 e. The molecule has 0 heterocycles. The number of hydrogen-bond acceptors (Lipinski definition) is 3. The van der Waals surface area contributed by atoms with Crippen LogP contribution in [-0.4, -0.2) is 12.5 Å². The Bertz CT molecular complexity index is 653. The lowest BCUT2D eigenvalue weighted by Crippen LogP contribution is -2.27. The van der Waals surface area contributed by atoms with Crippen molar-refractivity contribution in [2.24, 2.45) is 11.7 Å². The molecule has 1 aliphatic rings. The Balaban J connectivity index is 1.66. The molecule has 0 aliphatic heterocycles. The number of hydrogen-bond donors (Lipinski definition) is 2. The van der Waals surface area contributed by atoms with Crippen molar-refractivity contribution in [3.05, 3.63) is 65.7 Å². The topological polar surface area (TPSA) is 64.4 Å². The van der Waals surface area contributed by atoms with Crippen LogP contribution in [0, 0.1) is 5.92 Å². The minimum Gasteiger partial charge on any atom is -0.376 e. The van der Waals surface area contributed by atoms with Crippen molar-refractivity contribution in [2.75, 3.05) is 11.9 Å².